The van der Waals surface area contributed by atoms with Gasteiger partial charge in [0, 0.05) is 17.2 Å². The number of carboxylic acids is 1. The van der Waals surface area contributed by atoms with Crippen molar-refractivity contribution in [1.82, 2.24) is 16.0 Å². The second-order valence-electron chi connectivity index (χ2n) is 9.68. The molecule has 3 rings (SSSR count). The van der Waals surface area contributed by atoms with Gasteiger partial charge in [0.25, 0.3) is 0 Å². The molecule has 0 aromatic heterocycles. The first-order valence-corrected chi connectivity index (χ1v) is 14.8. The highest BCUT2D eigenvalue weighted by Crippen LogP contribution is 2.39. The summed E-state index contributed by atoms with van der Waals surface area (Å²) in [6.07, 6.45) is 0.250. The van der Waals surface area contributed by atoms with Crippen molar-refractivity contribution in [2.75, 3.05) is 5.75 Å². The average molecular weight is 595 g/mol. The van der Waals surface area contributed by atoms with Gasteiger partial charge >= 0.3 is 5.97 Å². The van der Waals surface area contributed by atoms with Gasteiger partial charge in [-0.1, -0.05) is 57.5 Å². The minimum atomic E-state index is -1.24. The number of nitrogens with two attached hydrogens (primary N) is 1. The van der Waals surface area contributed by atoms with E-state index in [0.717, 1.165) is 5.56 Å². The van der Waals surface area contributed by atoms with Crippen LogP contribution in [0.15, 0.2) is 48.5 Å². The molecular formula is C26H31ClN4O6S2. The smallest absolute Gasteiger partial charge is 0.327 e. The highest BCUT2D eigenvalue weighted by Gasteiger charge is 2.40. The lowest BCUT2D eigenvalue weighted by Crippen LogP contribution is -2.59. The van der Waals surface area contributed by atoms with Crippen molar-refractivity contribution in [3.05, 3.63) is 64.7 Å². The zero-order valence-electron chi connectivity index (χ0n) is 21.3. The molecule has 1 saturated heterocycles. The van der Waals surface area contributed by atoms with Gasteiger partial charge in [-0.3, -0.25) is 14.4 Å². The lowest BCUT2D eigenvalue weighted by atomic mass is 10.0. The van der Waals surface area contributed by atoms with Gasteiger partial charge in [0.2, 0.25) is 17.7 Å². The van der Waals surface area contributed by atoms with Crippen molar-refractivity contribution in [2.45, 2.75) is 55.6 Å². The first-order chi connectivity index (χ1) is 18.4. The zero-order chi connectivity index (χ0) is 28.7. The predicted octanol–water partition coefficient (Wildman–Crippen LogP) is 1.87. The van der Waals surface area contributed by atoms with E-state index >= 15 is 0 Å². The molecule has 10 nitrogen and oxygen atoms in total. The Morgan fingerprint density at radius 3 is 2.31 bits per heavy atom. The third-order valence-corrected chi connectivity index (χ3v) is 9.64. The highest BCUT2D eigenvalue weighted by molar-refractivity contribution is 8.77. The van der Waals surface area contributed by atoms with Gasteiger partial charge in [0.1, 0.15) is 23.9 Å². The minimum Gasteiger partial charge on any atom is -0.508 e. The van der Waals surface area contributed by atoms with Crippen LogP contribution in [0.4, 0.5) is 0 Å². The normalized spacial score (nSPS) is 22.5. The molecule has 1 aliphatic rings. The standard InChI is InChI=1S/C26H31ClN4O6S2/c1-26(2)21(25(36)37)31-23(34)19(12-15-3-7-16(27)8-4-15)29-24(35)20(13-38-39-26)30-22(33)18(28)11-14-5-9-17(32)10-6-14/h3-10,18-21,32H,11-13,28H2,1-2H3,(H,29,35)(H,30,33)(H,31,34)(H,36,37)/t18-,19-,20-,21+/m0/s1. The van der Waals surface area contributed by atoms with Crippen LogP contribution < -0.4 is 21.7 Å². The molecular weight excluding hydrogens is 564 g/mol. The van der Waals surface area contributed by atoms with Crippen LogP contribution in [0, 0.1) is 0 Å². The molecule has 1 heterocycles. The van der Waals surface area contributed by atoms with Crippen LogP contribution in [-0.4, -0.2) is 68.6 Å². The molecule has 2 aromatic carbocycles. The molecule has 2 aromatic rings. The lowest BCUT2D eigenvalue weighted by Gasteiger charge is -2.31. The first kappa shape index (κ1) is 30.6. The van der Waals surface area contributed by atoms with Gasteiger partial charge in [-0.15, -0.1) is 0 Å². The van der Waals surface area contributed by atoms with Gasteiger partial charge in [-0.25, -0.2) is 4.79 Å². The molecule has 0 aliphatic carbocycles. The van der Waals surface area contributed by atoms with Crippen molar-refractivity contribution in [3.63, 3.8) is 0 Å². The summed E-state index contributed by atoms with van der Waals surface area (Å²) in [5.41, 5.74) is 7.53. The number of phenolic OH excluding ortho intramolecular Hbond substituents is 1. The largest absolute Gasteiger partial charge is 0.508 e. The van der Waals surface area contributed by atoms with Gasteiger partial charge in [0.15, 0.2) is 0 Å². The topological polar surface area (TPSA) is 171 Å². The Labute approximate surface area is 239 Å². The summed E-state index contributed by atoms with van der Waals surface area (Å²) in [6.45, 7) is 3.37. The fourth-order valence-corrected chi connectivity index (χ4v) is 6.79. The summed E-state index contributed by atoms with van der Waals surface area (Å²) in [5.74, 6) is -2.85. The summed E-state index contributed by atoms with van der Waals surface area (Å²) in [6, 6.07) is 8.62. The van der Waals surface area contributed by atoms with E-state index in [1.165, 1.54) is 33.7 Å². The molecule has 1 aliphatic heterocycles. The van der Waals surface area contributed by atoms with E-state index in [2.05, 4.69) is 16.0 Å². The van der Waals surface area contributed by atoms with E-state index in [4.69, 9.17) is 17.3 Å². The number of hydrogen-bond donors (Lipinski definition) is 6. The van der Waals surface area contributed by atoms with Crippen molar-refractivity contribution in [3.8, 4) is 5.75 Å². The maximum Gasteiger partial charge on any atom is 0.327 e. The summed E-state index contributed by atoms with van der Waals surface area (Å²) in [7, 11) is 2.41. The number of amides is 3. The average Bonchev–Trinajstić information content (AvgIpc) is 2.88. The molecule has 1 fully saturated rings. The Balaban J connectivity index is 1.82. The number of nitrogens with one attached hydrogen (secondary N) is 3. The fourth-order valence-electron chi connectivity index (χ4n) is 3.86. The van der Waals surface area contributed by atoms with E-state index in [1.54, 1.807) is 50.2 Å². The van der Waals surface area contributed by atoms with Crippen molar-refractivity contribution in [2.24, 2.45) is 5.73 Å². The van der Waals surface area contributed by atoms with Crippen LogP contribution in [0.25, 0.3) is 0 Å². The zero-order valence-corrected chi connectivity index (χ0v) is 23.7. The van der Waals surface area contributed by atoms with Crippen molar-refractivity contribution in [1.29, 1.82) is 0 Å². The number of carbonyl (C=O) groups excluding carboxylic acids is 3. The number of aromatic hydroxyl groups is 1. The minimum absolute atomic E-state index is 0.0723. The lowest BCUT2D eigenvalue weighted by molar-refractivity contribution is -0.143. The number of carboxylic acid groups (broad SMARTS) is 1. The number of hydrogen-bond acceptors (Lipinski definition) is 8. The number of carbonyl (C=O) groups is 4. The summed E-state index contributed by atoms with van der Waals surface area (Å²) >= 11 is 5.97. The second-order valence-corrected chi connectivity index (χ2v) is 13.1. The third-order valence-electron chi connectivity index (χ3n) is 6.08. The number of rotatable bonds is 7. The van der Waals surface area contributed by atoms with E-state index < -0.39 is 52.6 Å². The van der Waals surface area contributed by atoms with E-state index in [0.29, 0.717) is 10.6 Å². The number of phenols is 1. The SMILES string of the molecule is CC1(C)SSC[C@H](NC(=O)[C@@H](N)Cc2ccc(O)cc2)C(=O)N[C@@H](Cc2ccc(Cl)cc2)C(=O)N[C@@H]1C(=O)O. The second kappa shape index (κ2) is 13.4. The van der Waals surface area contributed by atoms with Crippen LogP contribution in [-0.2, 0) is 32.0 Å². The fraction of sp³-hybridized carbons (Fsp3) is 0.385. The molecule has 0 spiro atoms. The molecule has 39 heavy (non-hydrogen) atoms. The number of aliphatic carboxylic acids is 1. The van der Waals surface area contributed by atoms with Crippen LogP contribution >= 0.6 is 33.2 Å². The first-order valence-electron chi connectivity index (χ1n) is 12.1. The quantitative estimate of drug-likeness (QED) is 0.262. The Morgan fingerprint density at radius 2 is 1.69 bits per heavy atom. The maximum atomic E-state index is 13.3. The molecule has 4 atom stereocenters. The van der Waals surface area contributed by atoms with Crippen LogP contribution in [0.2, 0.25) is 5.02 Å². The van der Waals surface area contributed by atoms with Gasteiger partial charge in [-0.2, -0.15) is 0 Å². The predicted molar refractivity (Wildman–Crippen MR) is 152 cm³/mol. The Morgan fingerprint density at radius 1 is 1.08 bits per heavy atom. The van der Waals surface area contributed by atoms with Gasteiger partial charge in [0.05, 0.1) is 10.8 Å². The molecule has 0 bridgehead atoms. The monoisotopic (exact) mass is 594 g/mol. The molecule has 7 N–H and O–H groups in total. The van der Waals surface area contributed by atoms with Crippen LogP contribution in [0.5, 0.6) is 5.75 Å². The molecule has 3 amide bonds. The molecule has 210 valence electrons. The van der Waals surface area contributed by atoms with Gasteiger partial charge < -0.3 is 31.9 Å². The van der Waals surface area contributed by atoms with Crippen LogP contribution in [0.1, 0.15) is 25.0 Å². The van der Waals surface area contributed by atoms with Crippen LogP contribution in [0.3, 0.4) is 0 Å². The van der Waals surface area contributed by atoms with Crippen molar-refractivity contribution >= 4 is 56.9 Å². The van der Waals surface area contributed by atoms with Gasteiger partial charge in [-0.05, 0) is 55.7 Å². The number of halogens is 1. The Bertz CT molecular complexity index is 1200. The number of benzene rings is 2. The van der Waals surface area contributed by atoms with E-state index in [1.807, 2.05) is 0 Å². The summed E-state index contributed by atoms with van der Waals surface area (Å²) in [4.78, 5) is 51.6. The van der Waals surface area contributed by atoms with E-state index in [9.17, 15) is 29.4 Å². The van der Waals surface area contributed by atoms with E-state index in [-0.39, 0.29) is 24.3 Å². The third kappa shape index (κ3) is 8.79. The van der Waals surface area contributed by atoms with Crippen molar-refractivity contribution < 1.29 is 29.4 Å². The summed E-state index contributed by atoms with van der Waals surface area (Å²) in [5, 5.41) is 27.7. The Hall–Kier alpha value is -2.93. The molecule has 0 saturated carbocycles. The molecule has 13 heteroatoms. The molecule has 0 unspecified atom stereocenters. The summed E-state index contributed by atoms with van der Waals surface area (Å²) < 4.78 is -0.950. The highest BCUT2D eigenvalue weighted by atomic mass is 35.5. The molecule has 0 radical (unpaired) electrons. The Kier molecular flexibility index (Phi) is 10.5. The maximum absolute atomic E-state index is 13.3.